The fraction of sp³-hybridized carbons (Fsp3) is 0.231. The SMILES string of the molecule is O=C(Nc1ccc(C2=N[C@H](c3ccccc3)CO2)cc1)Nc1ccc(S(=O)(=O)N2CCOCC2)cc1. The zero-order chi connectivity index (χ0) is 25.0. The van der Waals surface area contributed by atoms with Crippen LogP contribution in [0.25, 0.3) is 0 Å². The number of sulfonamides is 1. The van der Waals surface area contributed by atoms with Gasteiger partial charge in [-0.1, -0.05) is 30.3 Å². The summed E-state index contributed by atoms with van der Waals surface area (Å²) in [5.74, 6) is 0.576. The molecule has 2 N–H and O–H groups in total. The maximum Gasteiger partial charge on any atom is 0.323 e. The van der Waals surface area contributed by atoms with Crippen molar-refractivity contribution in [3.63, 3.8) is 0 Å². The number of carbonyl (C=O) groups is 1. The maximum atomic E-state index is 12.7. The molecule has 2 aliphatic rings. The van der Waals surface area contributed by atoms with Crippen molar-refractivity contribution in [3.05, 3.63) is 90.0 Å². The van der Waals surface area contributed by atoms with Crippen molar-refractivity contribution < 1.29 is 22.7 Å². The molecule has 0 radical (unpaired) electrons. The first-order valence-electron chi connectivity index (χ1n) is 11.6. The van der Waals surface area contributed by atoms with Gasteiger partial charge in [-0.05, 0) is 54.1 Å². The lowest BCUT2D eigenvalue weighted by Gasteiger charge is -2.26. The van der Waals surface area contributed by atoms with Crippen molar-refractivity contribution in [2.45, 2.75) is 10.9 Å². The van der Waals surface area contributed by atoms with Crippen LogP contribution in [-0.2, 0) is 19.5 Å². The van der Waals surface area contributed by atoms with Crippen molar-refractivity contribution in [3.8, 4) is 0 Å². The van der Waals surface area contributed by atoms with E-state index in [2.05, 4.69) is 15.6 Å². The Bertz CT molecular complexity index is 1340. The molecule has 0 bridgehead atoms. The Labute approximate surface area is 209 Å². The Balaban J connectivity index is 1.17. The van der Waals surface area contributed by atoms with Gasteiger partial charge in [-0.25, -0.2) is 18.2 Å². The molecule has 0 aromatic heterocycles. The number of morpholine rings is 1. The van der Waals surface area contributed by atoms with E-state index in [1.54, 1.807) is 24.3 Å². The Morgan fingerprint density at radius 1 is 0.861 bits per heavy atom. The molecule has 36 heavy (non-hydrogen) atoms. The van der Waals surface area contributed by atoms with E-state index in [1.807, 2.05) is 42.5 Å². The van der Waals surface area contributed by atoms with E-state index in [4.69, 9.17) is 9.47 Å². The van der Waals surface area contributed by atoms with Gasteiger partial charge >= 0.3 is 6.03 Å². The van der Waals surface area contributed by atoms with Crippen LogP contribution >= 0.6 is 0 Å². The van der Waals surface area contributed by atoms with E-state index < -0.39 is 16.1 Å². The molecule has 9 nitrogen and oxygen atoms in total. The van der Waals surface area contributed by atoms with Crippen molar-refractivity contribution in [2.24, 2.45) is 4.99 Å². The number of anilines is 2. The first-order chi connectivity index (χ1) is 17.5. The number of hydrogen-bond donors (Lipinski definition) is 2. The quantitative estimate of drug-likeness (QED) is 0.528. The van der Waals surface area contributed by atoms with Crippen LogP contribution in [0.15, 0.2) is 88.8 Å². The lowest BCUT2D eigenvalue weighted by atomic mass is 10.1. The van der Waals surface area contributed by atoms with Crippen LogP contribution in [0.3, 0.4) is 0 Å². The van der Waals surface area contributed by atoms with Gasteiger partial charge in [0, 0.05) is 30.0 Å². The maximum absolute atomic E-state index is 12.7. The van der Waals surface area contributed by atoms with Crippen molar-refractivity contribution >= 4 is 33.3 Å². The van der Waals surface area contributed by atoms with Gasteiger partial charge in [-0.15, -0.1) is 0 Å². The molecular formula is C26H26N4O5S. The molecule has 0 aliphatic carbocycles. The molecule has 1 saturated heterocycles. The average molecular weight is 507 g/mol. The second-order valence-corrected chi connectivity index (χ2v) is 10.3. The zero-order valence-corrected chi connectivity index (χ0v) is 20.3. The number of rotatable bonds is 6. The predicted molar refractivity (Wildman–Crippen MR) is 137 cm³/mol. The highest BCUT2D eigenvalue weighted by Crippen LogP contribution is 2.25. The molecule has 5 rings (SSSR count). The van der Waals surface area contributed by atoms with Gasteiger partial charge in [0.05, 0.1) is 18.1 Å². The molecule has 186 valence electrons. The summed E-state index contributed by atoms with van der Waals surface area (Å²) in [5.41, 5.74) is 3.01. The predicted octanol–water partition coefficient (Wildman–Crippen LogP) is 3.87. The monoisotopic (exact) mass is 506 g/mol. The van der Waals surface area contributed by atoms with Gasteiger partial charge < -0.3 is 20.1 Å². The normalized spacial score (nSPS) is 18.2. The summed E-state index contributed by atoms with van der Waals surface area (Å²) in [5, 5.41) is 5.48. The smallest absolute Gasteiger partial charge is 0.323 e. The van der Waals surface area contributed by atoms with Crippen LogP contribution in [0.1, 0.15) is 17.2 Å². The minimum atomic E-state index is -3.58. The van der Waals surface area contributed by atoms with Gasteiger partial charge in [0.25, 0.3) is 0 Å². The van der Waals surface area contributed by atoms with Gasteiger partial charge in [0.15, 0.2) is 0 Å². The van der Waals surface area contributed by atoms with Gasteiger partial charge in [0.2, 0.25) is 15.9 Å². The molecule has 3 aromatic rings. The van der Waals surface area contributed by atoms with Crippen LogP contribution in [0.4, 0.5) is 16.2 Å². The number of amides is 2. The lowest BCUT2D eigenvalue weighted by Crippen LogP contribution is -2.40. The third-order valence-corrected chi connectivity index (χ3v) is 7.86. The fourth-order valence-electron chi connectivity index (χ4n) is 4.01. The van der Waals surface area contributed by atoms with Crippen molar-refractivity contribution in [1.82, 2.24) is 4.31 Å². The highest BCUT2D eigenvalue weighted by molar-refractivity contribution is 7.89. The van der Waals surface area contributed by atoms with Crippen molar-refractivity contribution in [2.75, 3.05) is 43.5 Å². The molecule has 1 atom stereocenters. The van der Waals surface area contributed by atoms with E-state index in [-0.39, 0.29) is 10.9 Å². The molecule has 3 aromatic carbocycles. The highest BCUT2D eigenvalue weighted by atomic mass is 32.2. The average Bonchev–Trinajstić information content (AvgIpc) is 3.41. The second-order valence-electron chi connectivity index (χ2n) is 8.37. The molecule has 2 aliphatic heterocycles. The fourth-order valence-corrected chi connectivity index (χ4v) is 5.42. The summed E-state index contributed by atoms with van der Waals surface area (Å²) in [4.78, 5) is 17.3. The molecule has 10 heteroatoms. The molecule has 2 heterocycles. The number of benzene rings is 3. The van der Waals surface area contributed by atoms with Gasteiger partial charge in [0.1, 0.15) is 12.6 Å². The summed E-state index contributed by atoms with van der Waals surface area (Å²) >= 11 is 0. The lowest BCUT2D eigenvalue weighted by molar-refractivity contribution is 0.0730. The van der Waals surface area contributed by atoms with Gasteiger partial charge in [-0.3, -0.25) is 0 Å². The van der Waals surface area contributed by atoms with Gasteiger partial charge in [-0.2, -0.15) is 4.31 Å². The number of carbonyl (C=O) groups excluding carboxylic acids is 1. The zero-order valence-electron chi connectivity index (χ0n) is 19.5. The van der Waals surface area contributed by atoms with E-state index in [0.717, 1.165) is 11.1 Å². The Kier molecular flexibility index (Phi) is 6.99. The first-order valence-corrected chi connectivity index (χ1v) is 13.0. The van der Waals surface area contributed by atoms with E-state index >= 15 is 0 Å². The Morgan fingerprint density at radius 2 is 1.47 bits per heavy atom. The molecule has 2 amide bonds. The van der Waals surface area contributed by atoms with Crippen LogP contribution in [0.5, 0.6) is 0 Å². The van der Waals surface area contributed by atoms with Crippen LogP contribution in [0, 0.1) is 0 Å². The van der Waals surface area contributed by atoms with Crippen LogP contribution < -0.4 is 10.6 Å². The highest BCUT2D eigenvalue weighted by Gasteiger charge is 2.26. The van der Waals surface area contributed by atoms with Crippen LogP contribution in [-0.4, -0.2) is 57.6 Å². The summed E-state index contributed by atoms with van der Waals surface area (Å²) in [6.07, 6.45) is 0. The molecule has 0 saturated carbocycles. The molecule has 0 unspecified atom stereocenters. The summed E-state index contributed by atoms with van der Waals surface area (Å²) in [6.45, 7) is 1.92. The second kappa shape index (κ2) is 10.5. The van der Waals surface area contributed by atoms with E-state index in [0.29, 0.717) is 50.2 Å². The number of hydrogen-bond acceptors (Lipinski definition) is 6. The minimum Gasteiger partial charge on any atom is -0.475 e. The van der Waals surface area contributed by atoms with Crippen molar-refractivity contribution in [1.29, 1.82) is 0 Å². The number of ether oxygens (including phenoxy) is 2. The topological polar surface area (TPSA) is 109 Å². The Morgan fingerprint density at radius 3 is 2.11 bits per heavy atom. The minimum absolute atomic E-state index is 0.0278. The van der Waals surface area contributed by atoms with Crippen LogP contribution in [0.2, 0.25) is 0 Å². The first kappa shape index (κ1) is 24.0. The third kappa shape index (κ3) is 5.40. The Hall–Kier alpha value is -3.73. The molecule has 0 spiro atoms. The summed E-state index contributed by atoms with van der Waals surface area (Å²) in [6, 6.07) is 22.9. The van der Waals surface area contributed by atoms with E-state index in [9.17, 15) is 13.2 Å². The molecule has 1 fully saturated rings. The summed E-state index contributed by atoms with van der Waals surface area (Å²) < 4.78 is 37.9. The standard InChI is InChI=1S/C26H26N4O5S/c31-26(28-22-10-12-23(13-11-22)36(32,33)30-14-16-34-17-15-30)27-21-8-6-20(7-9-21)25-29-24(18-35-25)19-4-2-1-3-5-19/h1-13,24H,14-18H2,(H2,27,28,31)/t24-/m0/s1. The number of urea groups is 1. The number of aliphatic imine (C=N–C) groups is 1. The number of nitrogens with one attached hydrogen (secondary N) is 2. The largest absolute Gasteiger partial charge is 0.475 e. The summed E-state index contributed by atoms with van der Waals surface area (Å²) in [7, 11) is -3.58. The van der Waals surface area contributed by atoms with E-state index in [1.165, 1.54) is 16.4 Å². The molecular weight excluding hydrogens is 480 g/mol. The third-order valence-electron chi connectivity index (χ3n) is 5.95. The number of nitrogens with zero attached hydrogens (tertiary/aromatic N) is 2.